The molecule has 0 saturated carbocycles. The number of anilines is 1. The summed E-state index contributed by atoms with van der Waals surface area (Å²) in [7, 11) is 0. The van der Waals surface area contributed by atoms with Crippen molar-refractivity contribution in [3.05, 3.63) is 53.3 Å². The molecule has 128 valence electrons. The molecule has 1 saturated heterocycles. The molecule has 0 unspecified atom stereocenters. The average molecular weight is 401 g/mol. The van der Waals surface area contributed by atoms with Crippen LogP contribution < -0.4 is 10.2 Å². The summed E-state index contributed by atoms with van der Waals surface area (Å²) in [4.78, 5) is 27.7. The number of carbonyl (C=O) groups is 1. The van der Waals surface area contributed by atoms with Crippen LogP contribution in [0.1, 0.15) is 23.3 Å². The quantitative estimate of drug-likeness (QED) is 0.729. The molecule has 3 aromatic rings. The van der Waals surface area contributed by atoms with E-state index in [4.69, 9.17) is 0 Å². The zero-order valence-corrected chi connectivity index (χ0v) is 15.1. The third kappa shape index (κ3) is 3.21. The molecule has 0 bridgehead atoms. The third-order valence-electron chi connectivity index (χ3n) is 4.40. The van der Waals surface area contributed by atoms with Gasteiger partial charge in [0.25, 0.3) is 5.91 Å². The van der Waals surface area contributed by atoms with Crippen molar-refractivity contribution in [2.24, 2.45) is 0 Å². The molecule has 0 aliphatic carbocycles. The van der Waals surface area contributed by atoms with Gasteiger partial charge >= 0.3 is 0 Å². The van der Waals surface area contributed by atoms with Crippen LogP contribution in [0.25, 0.3) is 5.65 Å². The molecule has 1 N–H and O–H groups in total. The van der Waals surface area contributed by atoms with Crippen LogP contribution in [-0.4, -0.2) is 44.4 Å². The first kappa shape index (κ1) is 16.0. The third-order valence-corrected chi connectivity index (χ3v) is 4.99. The maximum atomic E-state index is 12.6. The number of amides is 1. The maximum Gasteiger partial charge on any atom is 0.273 e. The first-order valence-electron chi connectivity index (χ1n) is 8.17. The van der Waals surface area contributed by atoms with Crippen LogP contribution in [0, 0.1) is 0 Å². The fourth-order valence-corrected chi connectivity index (χ4v) is 3.49. The second-order valence-electron chi connectivity index (χ2n) is 5.97. The number of nitrogens with one attached hydrogen (secondary N) is 1. The van der Waals surface area contributed by atoms with E-state index in [1.54, 1.807) is 29.2 Å². The molecule has 1 aliphatic heterocycles. The molecule has 0 atom stereocenters. The lowest BCUT2D eigenvalue weighted by Gasteiger charge is -2.33. The van der Waals surface area contributed by atoms with Crippen molar-refractivity contribution < 1.29 is 4.79 Å². The first-order chi connectivity index (χ1) is 12.2. The van der Waals surface area contributed by atoms with Crippen molar-refractivity contribution >= 4 is 33.3 Å². The van der Waals surface area contributed by atoms with Gasteiger partial charge in [0.15, 0.2) is 11.3 Å². The molecule has 1 amide bonds. The van der Waals surface area contributed by atoms with Crippen LogP contribution in [0.15, 0.2) is 47.6 Å². The summed E-state index contributed by atoms with van der Waals surface area (Å²) in [5.74, 6) is 0.806. The van der Waals surface area contributed by atoms with Crippen molar-refractivity contribution in [2.75, 3.05) is 18.0 Å². The number of fused-ring (bicyclic) bond motifs is 1. The summed E-state index contributed by atoms with van der Waals surface area (Å²) in [6, 6.07) is 6.05. The molecule has 0 radical (unpaired) electrons. The van der Waals surface area contributed by atoms with Crippen molar-refractivity contribution in [3.63, 3.8) is 0 Å². The van der Waals surface area contributed by atoms with E-state index in [0.717, 1.165) is 36.4 Å². The van der Waals surface area contributed by atoms with Crippen molar-refractivity contribution in [1.82, 2.24) is 24.7 Å². The number of pyridine rings is 1. The van der Waals surface area contributed by atoms with E-state index < -0.39 is 0 Å². The van der Waals surface area contributed by atoms with Gasteiger partial charge in [0.1, 0.15) is 10.4 Å². The zero-order chi connectivity index (χ0) is 17.2. The van der Waals surface area contributed by atoms with E-state index in [-0.39, 0.29) is 11.9 Å². The minimum atomic E-state index is -0.181. The summed E-state index contributed by atoms with van der Waals surface area (Å²) in [6.07, 6.45) is 8.61. The topological polar surface area (TPSA) is 75.4 Å². The molecular formula is C17H17BrN6O. The van der Waals surface area contributed by atoms with Gasteiger partial charge in [-0.2, -0.15) is 0 Å². The van der Waals surface area contributed by atoms with Gasteiger partial charge in [-0.3, -0.25) is 9.20 Å². The Bertz CT molecular complexity index is 889. The first-order valence-corrected chi connectivity index (χ1v) is 8.96. The number of halogens is 1. The highest BCUT2D eigenvalue weighted by Crippen LogP contribution is 2.18. The number of imidazole rings is 1. The van der Waals surface area contributed by atoms with Gasteiger partial charge < -0.3 is 10.2 Å². The normalized spacial score (nSPS) is 15.5. The fraction of sp³-hybridized carbons (Fsp3) is 0.294. The number of rotatable bonds is 3. The maximum absolute atomic E-state index is 12.6. The average Bonchev–Trinajstić information content (AvgIpc) is 3.04. The fourth-order valence-electron chi connectivity index (χ4n) is 3.10. The largest absolute Gasteiger partial charge is 0.356 e. The highest BCUT2D eigenvalue weighted by molar-refractivity contribution is 9.10. The van der Waals surface area contributed by atoms with Gasteiger partial charge in [0, 0.05) is 37.7 Å². The predicted octanol–water partition coefficient (Wildman–Crippen LogP) is 2.29. The Kier molecular flexibility index (Phi) is 4.35. The van der Waals surface area contributed by atoms with Gasteiger partial charge in [0.2, 0.25) is 0 Å². The van der Waals surface area contributed by atoms with E-state index in [1.165, 1.54) is 0 Å². The number of hydrogen-bond donors (Lipinski definition) is 1. The van der Waals surface area contributed by atoms with Gasteiger partial charge in [-0.1, -0.05) is 6.07 Å². The number of aromatic nitrogens is 4. The monoisotopic (exact) mass is 400 g/mol. The Balaban J connectivity index is 1.42. The lowest BCUT2D eigenvalue weighted by atomic mass is 10.0. The van der Waals surface area contributed by atoms with Crippen molar-refractivity contribution in [1.29, 1.82) is 0 Å². The molecule has 7 nitrogen and oxygen atoms in total. The van der Waals surface area contributed by atoms with Crippen LogP contribution >= 0.6 is 15.9 Å². The van der Waals surface area contributed by atoms with Gasteiger partial charge in [-0.05, 0) is 40.9 Å². The van der Waals surface area contributed by atoms with E-state index in [1.807, 2.05) is 18.2 Å². The number of piperidine rings is 1. The van der Waals surface area contributed by atoms with Gasteiger partial charge in [-0.15, -0.1) is 0 Å². The van der Waals surface area contributed by atoms with E-state index >= 15 is 0 Å². The molecule has 8 heteroatoms. The molecular weight excluding hydrogens is 384 g/mol. The molecule has 4 heterocycles. The Labute approximate surface area is 153 Å². The molecule has 3 aromatic heterocycles. The second-order valence-corrected chi connectivity index (χ2v) is 6.79. The van der Waals surface area contributed by atoms with Crippen molar-refractivity contribution in [2.45, 2.75) is 18.9 Å². The van der Waals surface area contributed by atoms with Gasteiger partial charge in [-0.25, -0.2) is 15.0 Å². The molecule has 0 aromatic carbocycles. The zero-order valence-electron chi connectivity index (χ0n) is 13.5. The lowest BCUT2D eigenvalue weighted by molar-refractivity contribution is 0.0927. The van der Waals surface area contributed by atoms with Crippen LogP contribution in [0.5, 0.6) is 0 Å². The minimum Gasteiger partial charge on any atom is -0.356 e. The molecule has 0 spiro atoms. The predicted molar refractivity (Wildman–Crippen MR) is 97.6 cm³/mol. The Morgan fingerprint density at radius 2 is 2.00 bits per heavy atom. The number of carbonyl (C=O) groups excluding carboxylic acids is 1. The van der Waals surface area contributed by atoms with Crippen LogP contribution in [-0.2, 0) is 0 Å². The Hall–Kier alpha value is -2.48. The standard InChI is InChI=1S/C17H17BrN6O/c18-13-11-21-16-15(20-7-10-24(13)16)17(25)22-12-4-8-23(9-5-12)14-3-1-2-6-19-14/h1-3,6-7,10-12H,4-5,8-9H2,(H,22,25). The van der Waals surface area contributed by atoms with E-state index in [9.17, 15) is 4.79 Å². The Morgan fingerprint density at radius 1 is 1.16 bits per heavy atom. The minimum absolute atomic E-state index is 0.132. The summed E-state index contributed by atoms with van der Waals surface area (Å²) in [5.41, 5.74) is 0.901. The van der Waals surface area contributed by atoms with Crippen LogP contribution in [0.2, 0.25) is 0 Å². The van der Waals surface area contributed by atoms with E-state index in [0.29, 0.717) is 11.3 Å². The highest BCUT2D eigenvalue weighted by atomic mass is 79.9. The number of nitrogens with zero attached hydrogens (tertiary/aromatic N) is 5. The SMILES string of the molecule is O=C(NC1CCN(c2ccccn2)CC1)c1nccn2c(Br)cnc12. The summed E-state index contributed by atoms with van der Waals surface area (Å²) < 4.78 is 2.59. The van der Waals surface area contributed by atoms with Crippen molar-refractivity contribution in [3.8, 4) is 0 Å². The molecule has 1 fully saturated rings. The summed E-state index contributed by atoms with van der Waals surface area (Å²) in [5, 5.41) is 3.09. The highest BCUT2D eigenvalue weighted by Gasteiger charge is 2.23. The van der Waals surface area contributed by atoms with Crippen LogP contribution in [0.3, 0.4) is 0 Å². The van der Waals surface area contributed by atoms with E-state index in [2.05, 4.69) is 41.1 Å². The summed E-state index contributed by atoms with van der Waals surface area (Å²) >= 11 is 3.41. The summed E-state index contributed by atoms with van der Waals surface area (Å²) in [6.45, 7) is 1.74. The molecule has 1 aliphatic rings. The number of hydrogen-bond acceptors (Lipinski definition) is 5. The molecule has 25 heavy (non-hydrogen) atoms. The Morgan fingerprint density at radius 3 is 2.76 bits per heavy atom. The van der Waals surface area contributed by atoms with Crippen LogP contribution in [0.4, 0.5) is 5.82 Å². The second kappa shape index (κ2) is 6.79. The van der Waals surface area contributed by atoms with Gasteiger partial charge in [0.05, 0.1) is 6.20 Å². The smallest absolute Gasteiger partial charge is 0.273 e. The molecule has 4 rings (SSSR count). The lowest BCUT2D eigenvalue weighted by Crippen LogP contribution is -2.45.